The molecular formula is C43H71N3O6. The zero-order valence-corrected chi connectivity index (χ0v) is 34.4. The van der Waals surface area contributed by atoms with Gasteiger partial charge in [-0.05, 0) is 117 Å². The van der Waals surface area contributed by atoms with Crippen molar-refractivity contribution in [3.8, 4) is 0 Å². The van der Waals surface area contributed by atoms with Crippen molar-refractivity contribution >= 4 is 24.1 Å². The number of aliphatic hydroxyl groups is 1. The highest BCUT2D eigenvalue weighted by atomic mass is 16.5. The van der Waals surface area contributed by atoms with Gasteiger partial charge in [0.05, 0.1) is 12.0 Å². The fourth-order valence-electron chi connectivity index (χ4n) is 13.0. The maximum Gasteiger partial charge on any atom is 0.318 e. The van der Waals surface area contributed by atoms with Crippen molar-refractivity contribution in [1.29, 1.82) is 0 Å². The molecule has 0 bridgehead atoms. The van der Waals surface area contributed by atoms with Crippen molar-refractivity contribution in [2.45, 2.75) is 151 Å². The Labute approximate surface area is 314 Å². The Balaban J connectivity index is 0.00000257. The number of Topliss-reactive ketones (excluding diaryl/α,β-unsaturated/α-hetero) is 1. The van der Waals surface area contributed by atoms with Gasteiger partial charge in [-0.2, -0.15) is 0 Å². The third-order valence-corrected chi connectivity index (χ3v) is 15.4. The number of aliphatic hydroxyl groups excluding tert-OH is 1. The summed E-state index contributed by atoms with van der Waals surface area (Å²) in [6.07, 6.45) is 9.44. The van der Waals surface area contributed by atoms with E-state index in [0.29, 0.717) is 36.1 Å². The molecule has 52 heavy (non-hydrogen) atoms. The SMILES string of the molecule is CC(C)C1=C2C3CCC4C(C)(CCC5C(C)(C)C(OC(=O)CC(C)(C)C=O)CCC54C)C3CCC2(NC(=O)N2CCN(C(C)C)CC2)CC1=O.CO. The summed E-state index contributed by atoms with van der Waals surface area (Å²) in [6.45, 7) is 25.3. The second kappa shape index (κ2) is 14.8. The number of nitrogens with one attached hydrogen (secondary N) is 1. The lowest BCUT2D eigenvalue weighted by Crippen LogP contribution is -2.65. The molecule has 2 amide bonds. The number of amides is 2. The van der Waals surface area contributed by atoms with Crippen LogP contribution in [0.25, 0.3) is 0 Å². The average Bonchev–Trinajstić information content (AvgIpc) is 3.38. The van der Waals surface area contributed by atoms with Crippen LogP contribution >= 0.6 is 0 Å². The summed E-state index contributed by atoms with van der Waals surface area (Å²) in [5, 5.41) is 10.6. The van der Waals surface area contributed by atoms with E-state index in [1.807, 2.05) is 4.90 Å². The van der Waals surface area contributed by atoms with Crippen LogP contribution in [0.3, 0.4) is 0 Å². The van der Waals surface area contributed by atoms with Crippen LogP contribution in [0.4, 0.5) is 4.79 Å². The van der Waals surface area contributed by atoms with Crippen LogP contribution in [0, 0.1) is 51.2 Å². The van der Waals surface area contributed by atoms with Crippen molar-refractivity contribution in [1.82, 2.24) is 15.1 Å². The van der Waals surface area contributed by atoms with Gasteiger partial charge in [0, 0.05) is 56.6 Å². The van der Waals surface area contributed by atoms with Crippen LogP contribution in [0.15, 0.2) is 11.1 Å². The topological polar surface area (TPSA) is 116 Å². The molecule has 1 heterocycles. The van der Waals surface area contributed by atoms with E-state index >= 15 is 0 Å². The number of carbonyl (C=O) groups excluding carboxylic acids is 4. The molecule has 5 fully saturated rings. The number of carbonyl (C=O) groups is 4. The molecule has 6 aliphatic rings. The number of fused-ring (bicyclic) bond motifs is 7. The van der Waals surface area contributed by atoms with E-state index < -0.39 is 11.0 Å². The average molecular weight is 726 g/mol. The van der Waals surface area contributed by atoms with E-state index in [-0.39, 0.29) is 52.5 Å². The second-order valence-corrected chi connectivity index (χ2v) is 19.8. The number of piperazine rings is 1. The van der Waals surface area contributed by atoms with Crippen molar-refractivity contribution in [2.24, 2.45) is 51.2 Å². The summed E-state index contributed by atoms with van der Waals surface area (Å²) < 4.78 is 6.20. The predicted octanol–water partition coefficient (Wildman–Crippen LogP) is 7.20. The first-order valence-corrected chi connectivity index (χ1v) is 20.5. The molecule has 0 aromatic heterocycles. The number of ketones is 1. The predicted molar refractivity (Wildman–Crippen MR) is 204 cm³/mol. The molecule has 5 aliphatic carbocycles. The van der Waals surface area contributed by atoms with Gasteiger partial charge in [-0.1, -0.05) is 55.4 Å². The molecule has 0 aromatic carbocycles. The Bertz CT molecular complexity index is 1410. The van der Waals surface area contributed by atoms with Gasteiger partial charge < -0.3 is 24.9 Å². The van der Waals surface area contributed by atoms with Crippen LogP contribution in [0.2, 0.25) is 0 Å². The maximum absolute atomic E-state index is 14.0. The number of hydrogen-bond acceptors (Lipinski definition) is 7. The number of aldehydes is 1. The fraction of sp³-hybridized carbons (Fsp3) is 0.860. The van der Waals surface area contributed by atoms with Gasteiger partial charge in [0.2, 0.25) is 0 Å². The Morgan fingerprint density at radius 2 is 1.54 bits per heavy atom. The molecule has 8 unspecified atom stereocenters. The molecular weight excluding hydrogens is 654 g/mol. The molecule has 4 saturated carbocycles. The summed E-state index contributed by atoms with van der Waals surface area (Å²) in [7, 11) is 1.00. The minimum atomic E-state index is -0.714. The van der Waals surface area contributed by atoms with E-state index in [1.165, 1.54) is 5.57 Å². The Kier molecular flexibility index (Phi) is 11.6. The number of hydrogen-bond donors (Lipinski definition) is 2. The van der Waals surface area contributed by atoms with Gasteiger partial charge in [0.15, 0.2) is 5.78 Å². The van der Waals surface area contributed by atoms with Gasteiger partial charge >= 0.3 is 12.0 Å². The molecule has 9 nitrogen and oxygen atoms in total. The number of ether oxygens (including phenoxy) is 1. The maximum atomic E-state index is 14.0. The number of rotatable bonds is 7. The Hall–Kier alpha value is -2.26. The highest BCUT2D eigenvalue weighted by molar-refractivity contribution is 6.02. The van der Waals surface area contributed by atoms with Crippen LogP contribution in [0.5, 0.6) is 0 Å². The van der Waals surface area contributed by atoms with Crippen molar-refractivity contribution in [3.05, 3.63) is 11.1 Å². The van der Waals surface area contributed by atoms with Gasteiger partial charge in [0.1, 0.15) is 12.4 Å². The summed E-state index contributed by atoms with van der Waals surface area (Å²) >= 11 is 0. The third kappa shape index (κ3) is 6.92. The van der Waals surface area contributed by atoms with Crippen molar-refractivity contribution in [2.75, 3.05) is 33.3 Å². The molecule has 0 radical (unpaired) electrons. The highest BCUT2D eigenvalue weighted by Crippen LogP contribution is 2.72. The van der Waals surface area contributed by atoms with E-state index in [9.17, 15) is 19.2 Å². The first-order valence-electron chi connectivity index (χ1n) is 20.5. The molecule has 0 aromatic rings. The normalized spacial score (nSPS) is 37.3. The summed E-state index contributed by atoms with van der Waals surface area (Å²) in [5.41, 5.74) is 1.14. The molecule has 294 valence electrons. The minimum absolute atomic E-state index is 0.00416. The van der Waals surface area contributed by atoms with E-state index in [1.54, 1.807) is 13.8 Å². The lowest BCUT2D eigenvalue weighted by molar-refractivity contribution is -0.213. The first kappa shape index (κ1) is 40.9. The van der Waals surface area contributed by atoms with Crippen molar-refractivity contribution in [3.63, 3.8) is 0 Å². The summed E-state index contributed by atoms with van der Waals surface area (Å²) in [5.74, 6) is 1.91. The Morgan fingerprint density at radius 1 is 0.904 bits per heavy atom. The third-order valence-electron chi connectivity index (χ3n) is 15.4. The van der Waals surface area contributed by atoms with Crippen molar-refractivity contribution < 1.29 is 29.0 Å². The van der Waals surface area contributed by atoms with Crippen LogP contribution < -0.4 is 5.32 Å². The zero-order chi connectivity index (χ0) is 38.6. The van der Waals surface area contributed by atoms with E-state index in [0.717, 1.165) is 96.5 Å². The van der Waals surface area contributed by atoms with Crippen LogP contribution in [-0.4, -0.2) is 89.9 Å². The van der Waals surface area contributed by atoms with E-state index in [4.69, 9.17) is 9.84 Å². The lowest BCUT2D eigenvalue weighted by atomic mass is 9.37. The minimum Gasteiger partial charge on any atom is -0.462 e. The zero-order valence-electron chi connectivity index (χ0n) is 34.4. The smallest absolute Gasteiger partial charge is 0.318 e. The van der Waals surface area contributed by atoms with Gasteiger partial charge in [-0.3, -0.25) is 14.5 Å². The molecule has 1 aliphatic heterocycles. The number of nitrogens with zero attached hydrogens (tertiary/aromatic N) is 2. The van der Waals surface area contributed by atoms with Gasteiger partial charge in [-0.15, -0.1) is 0 Å². The first-order chi connectivity index (χ1) is 24.3. The standard InChI is InChI=1S/C42H67N3O5.CH4O/c1-26(2)35-30(47)23-42(43-37(49)45-21-19-44(20-22-45)27(3)4)18-13-29-28(36(35)42)11-12-32-40(29,9)16-14-31-39(7,8)33(15-17-41(31,32)10)50-34(48)24-38(5,6)25-46;1-2/h25-29,31-33H,11-24H2,1-10H3,(H,43,49);2H,1H3. The summed E-state index contributed by atoms with van der Waals surface area (Å²) in [4.78, 5) is 56.8. The quantitative estimate of drug-likeness (QED) is 0.211. The number of allylic oxidation sites excluding steroid dienone is 1. The fourth-order valence-corrected chi connectivity index (χ4v) is 13.0. The molecule has 0 spiro atoms. The second-order valence-electron chi connectivity index (χ2n) is 19.8. The highest BCUT2D eigenvalue weighted by Gasteiger charge is 2.67. The Morgan fingerprint density at radius 3 is 2.13 bits per heavy atom. The summed E-state index contributed by atoms with van der Waals surface area (Å²) in [6, 6.07) is 0.480. The molecule has 1 saturated heterocycles. The van der Waals surface area contributed by atoms with Gasteiger partial charge in [0.25, 0.3) is 0 Å². The molecule has 8 atom stereocenters. The molecule has 6 rings (SSSR count). The monoisotopic (exact) mass is 726 g/mol. The molecule has 2 N–H and O–H groups in total. The van der Waals surface area contributed by atoms with Crippen LogP contribution in [-0.2, 0) is 19.1 Å². The number of esters is 1. The largest absolute Gasteiger partial charge is 0.462 e. The lowest BCUT2D eigenvalue weighted by Gasteiger charge is -2.68. The van der Waals surface area contributed by atoms with Gasteiger partial charge in [-0.25, -0.2) is 4.79 Å². The van der Waals surface area contributed by atoms with Crippen LogP contribution in [0.1, 0.15) is 133 Å². The van der Waals surface area contributed by atoms with E-state index in [2.05, 4.69) is 65.6 Å². The number of urea groups is 1. The molecule has 9 heteroatoms.